The molecule has 2 aliphatic rings. The molecular formula is C17H26F2O5. The van der Waals surface area contributed by atoms with Gasteiger partial charge in [-0.3, -0.25) is 9.59 Å². The zero-order valence-electron chi connectivity index (χ0n) is 14.0. The summed E-state index contributed by atoms with van der Waals surface area (Å²) in [7, 11) is 0. The summed E-state index contributed by atoms with van der Waals surface area (Å²) < 4.78 is 38.7. The zero-order chi connectivity index (χ0) is 17.6. The van der Waals surface area contributed by atoms with Gasteiger partial charge in [-0.25, -0.2) is 0 Å². The normalized spacial score (nSPS) is 30.7. The molecule has 0 aliphatic heterocycles. The van der Waals surface area contributed by atoms with Crippen LogP contribution in [0.3, 0.4) is 0 Å². The number of carbonyl (C=O) groups excluding carboxylic acids is 2. The van der Waals surface area contributed by atoms with Gasteiger partial charge in [0.05, 0.1) is 12.0 Å². The molecule has 0 spiro atoms. The van der Waals surface area contributed by atoms with E-state index in [1.54, 1.807) is 0 Å². The topological polar surface area (TPSA) is 61.8 Å². The SMILES string of the molecule is CCC1CC2CCCC(C(=O)OC(COC=O)COC(F)F)(C1)C2. The van der Waals surface area contributed by atoms with Crippen molar-refractivity contribution in [3.8, 4) is 0 Å². The van der Waals surface area contributed by atoms with Gasteiger partial charge in [-0.15, -0.1) is 0 Å². The maximum absolute atomic E-state index is 12.8. The number of rotatable bonds is 9. The second-order valence-corrected chi connectivity index (χ2v) is 7.01. The molecule has 2 fully saturated rings. The molecule has 2 rings (SSSR count). The Labute approximate surface area is 141 Å². The van der Waals surface area contributed by atoms with Crippen molar-refractivity contribution in [3.05, 3.63) is 0 Å². The summed E-state index contributed by atoms with van der Waals surface area (Å²) in [5.41, 5.74) is -0.522. The average molecular weight is 348 g/mol. The van der Waals surface area contributed by atoms with Crippen LogP contribution in [0, 0.1) is 17.3 Å². The molecule has 2 saturated carbocycles. The van der Waals surface area contributed by atoms with E-state index in [4.69, 9.17) is 4.74 Å². The molecular weight excluding hydrogens is 322 g/mol. The molecule has 0 amide bonds. The van der Waals surface area contributed by atoms with Gasteiger partial charge in [0.15, 0.2) is 6.10 Å². The van der Waals surface area contributed by atoms with Gasteiger partial charge >= 0.3 is 12.6 Å². The average Bonchev–Trinajstić information content (AvgIpc) is 2.56. The van der Waals surface area contributed by atoms with E-state index in [2.05, 4.69) is 16.4 Å². The maximum Gasteiger partial charge on any atom is 0.345 e. The molecule has 24 heavy (non-hydrogen) atoms. The molecule has 138 valence electrons. The van der Waals surface area contributed by atoms with Gasteiger partial charge < -0.3 is 14.2 Å². The van der Waals surface area contributed by atoms with Gasteiger partial charge in [0, 0.05) is 0 Å². The number of carbonyl (C=O) groups is 2. The molecule has 5 nitrogen and oxygen atoms in total. The third-order valence-electron chi connectivity index (χ3n) is 5.34. The van der Waals surface area contributed by atoms with E-state index in [0.717, 1.165) is 44.9 Å². The lowest BCUT2D eigenvalue weighted by Crippen LogP contribution is -2.45. The van der Waals surface area contributed by atoms with Crippen LogP contribution in [0.15, 0.2) is 0 Å². The minimum Gasteiger partial charge on any atom is -0.464 e. The van der Waals surface area contributed by atoms with Crippen LogP contribution in [0.5, 0.6) is 0 Å². The fraction of sp³-hybridized carbons (Fsp3) is 0.882. The van der Waals surface area contributed by atoms with E-state index in [1.807, 2.05) is 0 Å². The molecule has 0 radical (unpaired) electrons. The molecule has 7 heteroatoms. The number of hydrogen-bond donors (Lipinski definition) is 0. The Bertz CT molecular complexity index is 431. The molecule has 0 aromatic carbocycles. The number of esters is 1. The summed E-state index contributed by atoms with van der Waals surface area (Å²) in [5.74, 6) is 0.674. The molecule has 4 unspecified atom stereocenters. The highest BCUT2D eigenvalue weighted by Crippen LogP contribution is 2.52. The highest BCUT2D eigenvalue weighted by atomic mass is 19.3. The molecule has 4 atom stereocenters. The first-order chi connectivity index (χ1) is 11.5. The van der Waals surface area contributed by atoms with Crippen LogP contribution < -0.4 is 0 Å². The summed E-state index contributed by atoms with van der Waals surface area (Å²) >= 11 is 0. The number of ether oxygens (including phenoxy) is 3. The first kappa shape index (κ1) is 19.1. The van der Waals surface area contributed by atoms with Gasteiger partial charge in [-0.05, 0) is 37.5 Å². The zero-order valence-corrected chi connectivity index (χ0v) is 14.0. The summed E-state index contributed by atoms with van der Waals surface area (Å²) in [4.78, 5) is 23.1. The van der Waals surface area contributed by atoms with Crippen LogP contribution in [0.2, 0.25) is 0 Å². The van der Waals surface area contributed by atoms with Crippen molar-refractivity contribution in [2.45, 2.75) is 64.6 Å². The molecule has 2 aliphatic carbocycles. The number of hydrogen-bond acceptors (Lipinski definition) is 5. The first-order valence-electron chi connectivity index (χ1n) is 8.65. The molecule has 0 saturated heterocycles. The van der Waals surface area contributed by atoms with Gasteiger partial charge in [0.1, 0.15) is 6.61 Å². The third kappa shape index (κ3) is 4.88. The van der Waals surface area contributed by atoms with E-state index < -0.39 is 24.7 Å². The van der Waals surface area contributed by atoms with Crippen molar-refractivity contribution < 1.29 is 32.6 Å². The Kier molecular flexibility index (Phi) is 6.95. The predicted molar refractivity (Wildman–Crippen MR) is 81.3 cm³/mol. The van der Waals surface area contributed by atoms with Crippen LogP contribution >= 0.6 is 0 Å². The lowest BCUT2D eigenvalue weighted by molar-refractivity contribution is -0.189. The Morgan fingerprint density at radius 3 is 2.79 bits per heavy atom. The Balaban J connectivity index is 2.01. The summed E-state index contributed by atoms with van der Waals surface area (Å²) in [6, 6.07) is 0. The van der Waals surface area contributed by atoms with Crippen molar-refractivity contribution in [2.24, 2.45) is 17.3 Å². The molecule has 0 heterocycles. The van der Waals surface area contributed by atoms with E-state index >= 15 is 0 Å². The van der Waals surface area contributed by atoms with Crippen LogP contribution in [-0.4, -0.2) is 38.4 Å². The Hall–Kier alpha value is -1.24. The quantitative estimate of drug-likeness (QED) is 0.472. The van der Waals surface area contributed by atoms with E-state index in [1.165, 1.54) is 0 Å². The lowest BCUT2D eigenvalue weighted by Gasteiger charge is -2.46. The van der Waals surface area contributed by atoms with Gasteiger partial charge in [-0.2, -0.15) is 8.78 Å². The van der Waals surface area contributed by atoms with Gasteiger partial charge in [-0.1, -0.05) is 26.2 Å². The minimum absolute atomic E-state index is 0.200. The van der Waals surface area contributed by atoms with Crippen molar-refractivity contribution in [1.82, 2.24) is 0 Å². The first-order valence-corrected chi connectivity index (χ1v) is 8.65. The van der Waals surface area contributed by atoms with Crippen LogP contribution in [0.25, 0.3) is 0 Å². The fourth-order valence-corrected chi connectivity index (χ4v) is 4.28. The summed E-state index contributed by atoms with van der Waals surface area (Å²) in [5, 5.41) is 0. The summed E-state index contributed by atoms with van der Waals surface area (Å²) in [6.45, 7) is -1.40. The van der Waals surface area contributed by atoms with Crippen LogP contribution in [0.1, 0.15) is 51.9 Å². The standard InChI is InChI=1S/C17H26F2O5/c1-2-12-6-13-4-3-5-17(7-12,8-13)15(21)24-14(9-22-11-20)10-23-16(18)19/h11-14,16H,2-10H2,1H3. The van der Waals surface area contributed by atoms with Crippen LogP contribution in [0.4, 0.5) is 8.78 Å². The van der Waals surface area contributed by atoms with Crippen molar-refractivity contribution >= 4 is 12.4 Å². The Morgan fingerprint density at radius 1 is 1.33 bits per heavy atom. The number of alkyl halides is 2. The van der Waals surface area contributed by atoms with Gasteiger partial charge in [0.2, 0.25) is 0 Å². The largest absolute Gasteiger partial charge is 0.464 e. The minimum atomic E-state index is -2.96. The highest BCUT2D eigenvalue weighted by Gasteiger charge is 2.49. The molecule has 0 aromatic heterocycles. The van der Waals surface area contributed by atoms with Gasteiger partial charge in [0.25, 0.3) is 6.47 Å². The Morgan fingerprint density at radius 2 is 2.12 bits per heavy atom. The van der Waals surface area contributed by atoms with E-state index in [0.29, 0.717) is 11.8 Å². The van der Waals surface area contributed by atoms with Crippen molar-refractivity contribution in [1.29, 1.82) is 0 Å². The smallest absolute Gasteiger partial charge is 0.345 e. The fourth-order valence-electron chi connectivity index (χ4n) is 4.28. The van der Waals surface area contributed by atoms with E-state index in [-0.39, 0.29) is 19.0 Å². The maximum atomic E-state index is 12.8. The molecule has 2 bridgehead atoms. The highest BCUT2D eigenvalue weighted by molar-refractivity contribution is 5.77. The lowest BCUT2D eigenvalue weighted by atomic mass is 9.58. The van der Waals surface area contributed by atoms with E-state index in [9.17, 15) is 18.4 Å². The van der Waals surface area contributed by atoms with Crippen molar-refractivity contribution in [3.63, 3.8) is 0 Å². The third-order valence-corrected chi connectivity index (χ3v) is 5.34. The van der Waals surface area contributed by atoms with Crippen molar-refractivity contribution in [2.75, 3.05) is 13.2 Å². The van der Waals surface area contributed by atoms with Crippen LogP contribution in [-0.2, 0) is 23.8 Å². The molecule has 0 aromatic rings. The second-order valence-electron chi connectivity index (χ2n) is 7.01. The number of fused-ring (bicyclic) bond motifs is 2. The number of halogens is 2. The summed E-state index contributed by atoms with van der Waals surface area (Å²) in [6.07, 6.45) is 5.66. The molecule has 0 N–H and O–H groups in total. The second kappa shape index (κ2) is 8.74. The monoisotopic (exact) mass is 348 g/mol. The predicted octanol–water partition coefficient (Wildman–Crippen LogP) is 3.31.